The third-order valence-corrected chi connectivity index (χ3v) is 15.1. The Hall–Kier alpha value is -9.38. The maximum atomic E-state index is 8.23. The quantitative estimate of drug-likeness (QED) is 0.151. The van der Waals surface area contributed by atoms with Crippen LogP contribution in [0.4, 0.5) is 34.1 Å². The molecule has 0 aliphatic carbocycles. The van der Waals surface area contributed by atoms with Crippen LogP contribution in [0.5, 0.6) is 0 Å². The van der Waals surface area contributed by atoms with Gasteiger partial charge in [0.15, 0.2) is 0 Å². The monoisotopic (exact) mass is 958 g/mol. The Labute approximate surface area is 446 Å². The molecule has 0 fully saturated rings. The van der Waals surface area contributed by atoms with Gasteiger partial charge in [-0.3, -0.25) is 0 Å². The predicted octanol–water partition coefficient (Wildman–Crippen LogP) is 19.5. The molecule has 4 nitrogen and oxygen atoms in total. The van der Waals surface area contributed by atoms with Crippen molar-refractivity contribution in [1.82, 2.24) is 8.80 Å². The predicted molar refractivity (Wildman–Crippen MR) is 315 cm³/mol. The van der Waals surface area contributed by atoms with Gasteiger partial charge in [-0.05, 0) is 111 Å². The molecule has 15 aromatic rings. The molecule has 0 amide bonds. The minimum absolute atomic E-state index is 0.201. The summed E-state index contributed by atoms with van der Waals surface area (Å²) in [6, 6.07) is 74.1. The fourth-order valence-corrected chi connectivity index (χ4v) is 12.2. The second-order valence-electron chi connectivity index (χ2n) is 19.2. The summed E-state index contributed by atoms with van der Waals surface area (Å²) < 4.78 is 104. The maximum Gasteiger partial charge on any atom is 0.0642 e. The topological polar surface area (TPSA) is 15.3 Å². The fourth-order valence-electron chi connectivity index (χ4n) is 12.2. The first-order valence-electron chi connectivity index (χ1n) is 30.8. The lowest BCUT2D eigenvalue weighted by Gasteiger charge is -2.27. The summed E-state index contributed by atoms with van der Waals surface area (Å²) >= 11 is 0. The van der Waals surface area contributed by atoms with Gasteiger partial charge in [-0.2, -0.15) is 0 Å². The van der Waals surface area contributed by atoms with Crippen LogP contribution in [0.2, 0.25) is 0 Å². The van der Waals surface area contributed by atoms with Gasteiger partial charge in [0.05, 0.1) is 44.5 Å². The van der Waals surface area contributed by atoms with Crippen LogP contribution in [0.1, 0.15) is 38.7 Å². The van der Waals surface area contributed by atoms with E-state index in [0.717, 1.165) is 110 Å². The number of nitrogens with zero attached hydrogens (tertiary/aromatic N) is 4. The van der Waals surface area contributed by atoms with Crippen LogP contribution < -0.4 is 9.80 Å². The Morgan fingerprint density at radius 1 is 0.284 bits per heavy atom. The number of hydrogen-bond acceptors (Lipinski definition) is 2. The minimum Gasteiger partial charge on any atom is -0.310 e. The average Bonchev–Trinajstić information content (AvgIpc) is 1.50. The molecular formula is C70H50N4. The van der Waals surface area contributed by atoms with Crippen molar-refractivity contribution in [2.45, 2.75) is 27.4 Å². The molecule has 350 valence electrons. The Morgan fingerprint density at radius 2 is 0.608 bits per heavy atom. The number of aromatic nitrogens is 2. The first kappa shape index (κ1) is 31.8. The van der Waals surface area contributed by atoms with Gasteiger partial charge in [-0.15, -0.1) is 0 Å². The Balaban J connectivity index is 1.11. The first-order valence-corrected chi connectivity index (χ1v) is 24.8. The van der Waals surface area contributed by atoms with E-state index in [1.54, 1.807) is 48.5 Å². The van der Waals surface area contributed by atoms with Crippen LogP contribution in [-0.4, -0.2) is 8.80 Å². The van der Waals surface area contributed by atoms with Crippen LogP contribution in [0.3, 0.4) is 0 Å². The summed E-state index contributed by atoms with van der Waals surface area (Å²) in [6.45, 7) is -9.33. The minimum atomic E-state index is -2.33. The van der Waals surface area contributed by atoms with Crippen molar-refractivity contribution in [3.8, 4) is 22.3 Å². The Kier molecular flexibility index (Phi) is 6.91. The number of fused-ring (bicyclic) bond motifs is 12. The summed E-state index contributed by atoms with van der Waals surface area (Å²) in [7, 11) is 0. The van der Waals surface area contributed by atoms with Crippen molar-refractivity contribution >= 4 is 110 Å². The van der Waals surface area contributed by atoms with Crippen molar-refractivity contribution in [3.63, 3.8) is 0 Å². The molecule has 11 aromatic carbocycles. The zero-order chi connectivity index (χ0) is 59.3. The smallest absolute Gasteiger partial charge is 0.0642 e. The standard InChI is InChI=1S/C70H50N4/c1-43-23-31-49(32-24-43)71(50-33-25-44(2)26-34-50)59-41-39-55-65-61(47-15-7-5-8-16-47)70-66(62(48-17-9-6-10-18-48)69(65)73-57-21-13-11-19-53(57)63(59)67(55)73)56-40-42-60(64-54-20-12-14-22-58(54)74(70)68(56)64)72(51-35-27-45(3)28-36-51)52-37-29-46(4)30-38-52/h5-42H,1-4H3/i1D3,2D3,3D3,4D3. The highest BCUT2D eigenvalue weighted by molar-refractivity contribution is 6.39. The second kappa shape index (κ2) is 16.1. The highest BCUT2D eigenvalue weighted by Crippen LogP contribution is 2.57. The van der Waals surface area contributed by atoms with E-state index in [0.29, 0.717) is 22.7 Å². The van der Waals surface area contributed by atoms with Gasteiger partial charge in [0.25, 0.3) is 0 Å². The number of para-hydroxylation sites is 2. The number of anilines is 6. The van der Waals surface area contributed by atoms with E-state index >= 15 is 0 Å². The van der Waals surface area contributed by atoms with Crippen LogP contribution in [0.25, 0.3) is 98.4 Å². The van der Waals surface area contributed by atoms with E-state index < -0.39 is 27.4 Å². The molecule has 0 unspecified atom stereocenters. The van der Waals surface area contributed by atoms with E-state index in [-0.39, 0.29) is 22.3 Å². The van der Waals surface area contributed by atoms with E-state index in [1.165, 1.54) is 0 Å². The highest BCUT2D eigenvalue weighted by Gasteiger charge is 2.33. The van der Waals surface area contributed by atoms with Gasteiger partial charge < -0.3 is 18.6 Å². The van der Waals surface area contributed by atoms with E-state index in [1.807, 2.05) is 72.8 Å². The van der Waals surface area contributed by atoms with Gasteiger partial charge in [0.1, 0.15) is 0 Å². The maximum absolute atomic E-state index is 8.23. The molecule has 0 atom stereocenters. The summed E-state index contributed by atoms with van der Waals surface area (Å²) in [6.07, 6.45) is 0. The summed E-state index contributed by atoms with van der Waals surface area (Å²) in [4.78, 5) is 4.18. The summed E-state index contributed by atoms with van der Waals surface area (Å²) in [5, 5.41) is 7.93. The van der Waals surface area contributed by atoms with Crippen molar-refractivity contribution in [1.29, 1.82) is 0 Å². The zero-order valence-corrected chi connectivity index (χ0v) is 39.7. The lowest BCUT2D eigenvalue weighted by atomic mass is 9.89. The number of aryl methyl sites for hydroxylation is 4. The molecule has 0 spiro atoms. The molecule has 0 bridgehead atoms. The molecule has 4 heterocycles. The molecule has 15 rings (SSSR count). The van der Waals surface area contributed by atoms with Crippen molar-refractivity contribution in [3.05, 3.63) is 253 Å². The second-order valence-corrected chi connectivity index (χ2v) is 19.2. The molecule has 0 saturated carbocycles. The number of hydrogen-bond donors (Lipinski definition) is 0. The molecular weight excluding hydrogens is 897 g/mol. The molecule has 0 aliphatic heterocycles. The summed E-state index contributed by atoms with van der Waals surface area (Å²) in [5.74, 6) is 0. The molecule has 0 saturated heterocycles. The first-order chi connectivity index (χ1) is 41.3. The molecule has 0 aliphatic rings. The van der Waals surface area contributed by atoms with Gasteiger partial charge in [0, 0.05) is 93.4 Å². The van der Waals surface area contributed by atoms with Gasteiger partial charge in [-0.25, -0.2) is 0 Å². The lowest BCUT2D eigenvalue weighted by molar-refractivity contribution is 1.28. The van der Waals surface area contributed by atoms with Crippen molar-refractivity contribution in [2.75, 3.05) is 9.80 Å². The van der Waals surface area contributed by atoms with E-state index in [4.69, 9.17) is 16.4 Å². The Morgan fingerprint density at radius 3 is 0.946 bits per heavy atom. The van der Waals surface area contributed by atoms with Gasteiger partial charge in [0.2, 0.25) is 0 Å². The summed E-state index contributed by atoms with van der Waals surface area (Å²) in [5.41, 5.74) is 15.1. The lowest BCUT2D eigenvalue weighted by Crippen LogP contribution is -2.10. The van der Waals surface area contributed by atoms with E-state index in [2.05, 4.69) is 128 Å². The number of benzene rings is 11. The van der Waals surface area contributed by atoms with Crippen LogP contribution in [-0.2, 0) is 0 Å². The van der Waals surface area contributed by atoms with Crippen LogP contribution in [0.15, 0.2) is 231 Å². The Bertz CT molecular complexity index is 4680. The zero-order valence-electron chi connectivity index (χ0n) is 51.7. The van der Waals surface area contributed by atoms with Crippen LogP contribution in [0, 0.1) is 27.4 Å². The highest BCUT2D eigenvalue weighted by atomic mass is 15.2. The largest absolute Gasteiger partial charge is 0.310 e. The van der Waals surface area contributed by atoms with Crippen molar-refractivity contribution in [2.24, 2.45) is 0 Å². The SMILES string of the molecule is [2H]C([2H])([2H])c1ccc(N(c2ccc(C([2H])([2H])[2H])cc2)c2ccc3c4c(-c5ccccc5)c5c(c(-c6ccccc6)c4n4c6ccccc6c2c34)c2ccc(N(c3ccc(C([2H])([2H])[2H])cc3)c3ccc(C([2H])([2H])[2H])cc3)c3c4ccccc4n5c23)cc1. The molecule has 74 heavy (non-hydrogen) atoms. The van der Waals surface area contributed by atoms with Crippen molar-refractivity contribution < 1.29 is 16.4 Å². The molecule has 4 heteroatoms. The molecule has 0 N–H and O–H groups in total. The third kappa shape index (κ3) is 6.03. The fraction of sp³-hybridized carbons (Fsp3) is 0.0571. The number of rotatable bonds is 8. The van der Waals surface area contributed by atoms with E-state index in [9.17, 15) is 0 Å². The molecule has 4 aromatic heterocycles. The average molecular weight is 959 g/mol. The van der Waals surface area contributed by atoms with Crippen LogP contribution >= 0.6 is 0 Å². The normalized spacial score (nSPS) is 15.1. The molecule has 0 radical (unpaired) electrons. The van der Waals surface area contributed by atoms with Gasteiger partial charge in [-0.1, -0.05) is 180 Å². The van der Waals surface area contributed by atoms with Gasteiger partial charge >= 0.3 is 0 Å². The third-order valence-electron chi connectivity index (χ3n) is 15.1.